The fraction of sp³-hybridized carbons (Fsp3) is 0.944. The molecular weight excluding hydrogens is 246 g/mol. The first-order valence-electron chi connectivity index (χ1n) is 8.96. The Hall–Kier alpha value is -0.370. The summed E-state index contributed by atoms with van der Waals surface area (Å²) in [6.45, 7) is 2.10. The summed E-state index contributed by atoms with van der Waals surface area (Å²) in [7, 11) is 0. The predicted molar refractivity (Wildman–Crippen MR) is 80.4 cm³/mol. The van der Waals surface area contributed by atoms with E-state index in [1.807, 2.05) is 0 Å². The molecule has 1 N–H and O–H groups in total. The molecule has 5 aliphatic rings. The second kappa shape index (κ2) is 5.12. The van der Waals surface area contributed by atoms with Crippen LogP contribution in [-0.2, 0) is 4.79 Å². The highest BCUT2D eigenvalue weighted by atomic mass is 16.1. The highest BCUT2D eigenvalue weighted by Crippen LogP contribution is 2.61. The Morgan fingerprint density at radius 3 is 2.05 bits per heavy atom. The van der Waals surface area contributed by atoms with Crippen LogP contribution >= 0.6 is 0 Å². The summed E-state index contributed by atoms with van der Waals surface area (Å²) >= 11 is 0. The van der Waals surface area contributed by atoms with Gasteiger partial charge in [0.05, 0.1) is 0 Å². The maximum Gasteiger partial charge on any atom is 0.136 e. The lowest BCUT2D eigenvalue weighted by atomic mass is 9.48. The van der Waals surface area contributed by atoms with E-state index in [4.69, 9.17) is 0 Å². The number of carbonyl (C=O) groups is 1. The van der Waals surface area contributed by atoms with Crippen molar-refractivity contribution < 1.29 is 4.79 Å². The van der Waals surface area contributed by atoms with Crippen molar-refractivity contribution in [1.82, 2.24) is 5.32 Å². The van der Waals surface area contributed by atoms with Gasteiger partial charge >= 0.3 is 0 Å². The van der Waals surface area contributed by atoms with Crippen molar-refractivity contribution in [2.45, 2.75) is 64.2 Å². The number of Topliss-reactive ketones (excluding diaryl/α,β-unsaturated/α-hetero) is 1. The zero-order valence-corrected chi connectivity index (χ0v) is 12.7. The number of ketones is 1. The van der Waals surface area contributed by atoms with Crippen LogP contribution in [0.4, 0.5) is 0 Å². The van der Waals surface area contributed by atoms with Crippen molar-refractivity contribution in [2.24, 2.45) is 29.1 Å². The molecule has 5 fully saturated rings. The van der Waals surface area contributed by atoms with Gasteiger partial charge in [-0.3, -0.25) is 4.79 Å². The lowest BCUT2D eigenvalue weighted by Gasteiger charge is -2.57. The van der Waals surface area contributed by atoms with E-state index in [1.165, 1.54) is 44.9 Å². The van der Waals surface area contributed by atoms with Crippen LogP contribution in [0.25, 0.3) is 0 Å². The molecule has 4 aliphatic carbocycles. The molecule has 0 radical (unpaired) electrons. The Morgan fingerprint density at radius 1 is 0.950 bits per heavy atom. The molecule has 4 saturated carbocycles. The molecule has 5 rings (SSSR count). The molecule has 2 heteroatoms. The van der Waals surface area contributed by atoms with Gasteiger partial charge in [0.25, 0.3) is 0 Å². The summed E-state index contributed by atoms with van der Waals surface area (Å²) in [5, 5.41) is 3.37. The molecule has 0 aromatic carbocycles. The van der Waals surface area contributed by atoms with E-state index in [0.717, 1.165) is 50.1 Å². The van der Waals surface area contributed by atoms with Gasteiger partial charge in [-0.25, -0.2) is 0 Å². The zero-order chi connectivity index (χ0) is 13.6. The van der Waals surface area contributed by atoms with Crippen LogP contribution in [0, 0.1) is 29.1 Å². The molecule has 0 spiro atoms. The standard InChI is InChI=1S/C18H29NO/c20-17(16-2-5-19-6-3-16)1-4-18-10-13-7-14(11-18)9-15(8-13)12-18/h13-16,19H,1-12H2. The Morgan fingerprint density at radius 2 is 1.50 bits per heavy atom. The maximum atomic E-state index is 12.5. The van der Waals surface area contributed by atoms with Crippen molar-refractivity contribution in [2.75, 3.05) is 13.1 Å². The van der Waals surface area contributed by atoms with Crippen LogP contribution in [-0.4, -0.2) is 18.9 Å². The van der Waals surface area contributed by atoms with E-state index < -0.39 is 0 Å². The summed E-state index contributed by atoms with van der Waals surface area (Å²) in [6, 6.07) is 0. The minimum atomic E-state index is 0.380. The van der Waals surface area contributed by atoms with Crippen molar-refractivity contribution >= 4 is 5.78 Å². The SMILES string of the molecule is O=C(CCC12CC3CC(CC(C3)C1)C2)C1CCNCC1. The molecular formula is C18H29NO. The first-order valence-corrected chi connectivity index (χ1v) is 8.96. The molecule has 4 bridgehead atoms. The van der Waals surface area contributed by atoms with Crippen LogP contribution < -0.4 is 5.32 Å². The number of hydrogen-bond acceptors (Lipinski definition) is 2. The summed E-state index contributed by atoms with van der Waals surface area (Å²) in [6.07, 6.45) is 13.2. The van der Waals surface area contributed by atoms with Gasteiger partial charge < -0.3 is 5.32 Å². The third-order valence-electron chi connectivity index (χ3n) is 6.86. The molecule has 0 aromatic rings. The van der Waals surface area contributed by atoms with Gasteiger partial charge in [0.1, 0.15) is 5.78 Å². The first kappa shape index (κ1) is 13.3. The average molecular weight is 275 g/mol. The van der Waals surface area contributed by atoms with Crippen LogP contribution in [0.5, 0.6) is 0 Å². The summed E-state index contributed by atoms with van der Waals surface area (Å²) in [4.78, 5) is 12.5. The summed E-state index contributed by atoms with van der Waals surface area (Å²) < 4.78 is 0. The second-order valence-electron chi connectivity index (χ2n) is 8.41. The quantitative estimate of drug-likeness (QED) is 0.850. The van der Waals surface area contributed by atoms with Crippen LogP contribution in [0.1, 0.15) is 64.2 Å². The van der Waals surface area contributed by atoms with Gasteiger partial charge in [-0.15, -0.1) is 0 Å². The highest BCUT2D eigenvalue weighted by Gasteiger charge is 2.50. The smallest absolute Gasteiger partial charge is 0.136 e. The van der Waals surface area contributed by atoms with Gasteiger partial charge in [-0.2, -0.15) is 0 Å². The lowest BCUT2D eigenvalue weighted by molar-refractivity contribution is -0.126. The number of hydrogen-bond donors (Lipinski definition) is 1. The predicted octanol–water partition coefficient (Wildman–Crippen LogP) is 3.55. The van der Waals surface area contributed by atoms with Crippen LogP contribution in [0.3, 0.4) is 0 Å². The fourth-order valence-electron chi connectivity index (χ4n) is 6.33. The van der Waals surface area contributed by atoms with Gasteiger partial charge in [-0.05, 0) is 94.0 Å². The molecule has 0 aromatic heterocycles. The highest BCUT2D eigenvalue weighted by molar-refractivity contribution is 5.81. The normalized spacial score (nSPS) is 43.9. The molecule has 112 valence electrons. The topological polar surface area (TPSA) is 29.1 Å². The monoisotopic (exact) mass is 275 g/mol. The first-order chi connectivity index (χ1) is 9.72. The lowest BCUT2D eigenvalue weighted by Crippen LogP contribution is -2.46. The van der Waals surface area contributed by atoms with Gasteiger partial charge in [0.2, 0.25) is 0 Å². The van der Waals surface area contributed by atoms with Crippen molar-refractivity contribution in [3.8, 4) is 0 Å². The average Bonchev–Trinajstić information content (AvgIpc) is 2.44. The Labute approximate surface area is 123 Å². The van der Waals surface area contributed by atoms with Crippen molar-refractivity contribution in [3.63, 3.8) is 0 Å². The Balaban J connectivity index is 1.36. The second-order valence-corrected chi connectivity index (χ2v) is 8.41. The van der Waals surface area contributed by atoms with Gasteiger partial charge in [0.15, 0.2) is 0 Å². The fourth-order valence-corrected chi connectivity index (χ4v) is 6.33. The van der Waals surface area contributed by atoms with Crippen molar-refractivity contribution in [1.29, 1.82) is 0 Å². The summed E-state index contributed by atoms with van der Waals surface area (Å²) in [5.41, 5.74) is 0.595. The Bertz CT molecular complexity index is 348. The van der Waals surface area contributed by atoms with Gasteiger partial charge in [0, 0.05) is 12.3 Å². The molecule has 20 heavy (non-hydrogen) atoms. The van der Waals surface area contributed by atoms with E-state index >= 15 is 0 Å². The van der Waals surface area contributed by atoms with E-state index in [-0.39, 0.29) is 0 Å². The molecule has 1 saturated heterocycles. The zero-order valence-electron chi connectivity index (χ0n) is 12.7. The number of carbonyl (C=O) groups excluding carboxylic acids is 1. The van der Waals surface area contributed by atoms with Crippen molar-refractivity contribution in [3.05, 3.63) is 0 Å². The molecule has 1 heterocycles. The van der Waals surface area contributed by atoms with Crippen LogP contribution in [0.2, 0.25) is 0 Å². The van der Waals surface area contributed by atoms with E-state index in [2.05, 4.69) is 5.32 Å². The third kappa shape index (κ3) is 2.45. The molecule has 2 nitrogen and oxygen atoms in total. The van der Waals surface area contributed by atoms with E-state index in [0.29, 0.717) is 17.1 Å². The third-order valence-corrected chi connectivity index (χ3v) is 6.86. The van der Waals surface area contributed by atoms with Gasteiger partial charge in [-0.1, -0.05) is 0 Å². The van der Waals surface area contributed by atoms with E-state index in [9.17, 15) is 4.79 Å². The molecule has 1 aliphatic heterocycles. The van der Waals surface area contributed by atoms with Crippen LogP contribution in [0.15, 0.2) is 0 Å². The largest absolute Gasteiger partial charge is 0.317 e. The Kier molecular flexibility index (Phi) is 3.41. The number of rotatable bonds is 4. The maximum absolute atomic E-state index is 12.5. The molecule has 0 amide bonds. The number of nitrogens with one attached hydrogen (secondary N) is 1. The van der Waals surface area contributed by atoms with E-state index in [1.54, 1.807) is 0 Å². The minimum Gasteiger partial charge on any atom is -0.317 e. The molecule has 0 unspecified atom stereocenters. The summed E-state index contributed by atoms with van der Waals surface area (Å²) in [5.74, 6) is 4.04. The minimum absolute atomic E-state index is 0.380. The molecule has 0 atom stereocenters. The number of piperidine rings is 1.